The van der Waals surface area contributed by atoms with Crippen LogP contribution in [0.4, 0.5) is 0 Å². The summed E-state index contributed by atoms with van der Waals surface area (Å²) in [7, 11) is 0. The normalized spacial score (nSPS) is 14.6. The highest BCUT2D eigenvalue weighted by Crippen LogP contribution is 2.19. The molecule has 1 aliphatic rings. The van der Waals surface area contributed by atoms with E-state index in [9.17, 15) is 4.79 Å². The molecule has 49 valence electrons. The van der Waals surface area contributed by atoms with E-state index in [2.05, 4.69) is 0 Å². The monoisotopic (exact) mass is 132 g/mol. The summed E-state index contributed by atoms with van der Waals surface area (Å²) < 4.78 is 2.01. The molecule has 2 heteroatoms. The van der Waals surface area contributed by atoms with E-state index in [4.69, 9.17) is 0 Å². The number of hydrogen-bond acceptors (Lipinski definition) is 1. The molecule has 0 bridgehead atoms. The summed E-state index contributed by atoms with van der Waals surface area (Å²) in [5.74, 6) is 0. The molecule has 2 rings (SSSR count). The zero-order valence-electron chi connectivity index (χ0n) is 5.37. The molecule has 0 unspecified atom stereocenters. The van der Waals surface area contributed by atoms with Crippen LogP contribution in [0.25, 0.3) is 5.57 Å². The van der Waals surface area contributed by atoms with Crippen molar-refractivity contribution >= 4 is 11.9 Å². The highest BCUT2D eigenvalue weighted by Gasteiger charge is 2.11. The minimum absolute atomic E-state index is 0.685. The lowest BCUT2D eigenvalue weighted by Gasteiger charge is -1.92. The Morgan fingerprint density at radius 3 is 3.30 bits per heavy atom. The molecule has 0 atom stereocenters. The number of rotatable bonds is 1. The van der Waals surface area contributed by atoms with Gasteiger partial charge in [0, 0.05) is 18.3 Å². The van der Waals surface area contributed by atoms with Crippen LogP contribution in [-0.4, -0.2) is 10.9 Å². The molecule has 0 spiro atoms. The summed E-state index contributed by atoms with van der Waals surface area (Å²) in [5.41, 5.74) is 1.67. The van der Waals surface area contributed by atoms with Crippen LogP contribution < -0.4 is 0 Å². The van der Waals surface area contributed by atoms with Crippen molar-refractivity contribution < 1.29 is 4.79 Å². The predicted molar refractivity (Wildman–Crippen MR) is 38.1 cm³/mol. The van der Waals surface area contributed by atoms with Gasteiger partial charge < -0.3 is 4.57 Å². The van der Waals surface area contributed by atoms with Gasteiger partial charge in [0.05, 0.1) is 5.69 Å². The van der Waals surface area contributed by atoms with Crippen LogP contribution >= 0.6 is 0 Å². The van der Waals surface area contributed by atoms with E-state index < -0.39 is 0 Å². The van der Waals surface area contributed by atoms with E-state index in [0.717, 1.165) is 12.2 Å². The molecular formula is C8H6NO. The van der Waals surface area contributed by atoms with E-state index >= 15 is 0 Å². The molecule has 1 radical (unpaired) electrons. The third-order valence-electron chi connectivity index (χ3n) is 1.71. The van der Waals surface area contributed by atoms with Gasteiger partial charge in [0.25, 0.3) is 0 Å². The zero-order chi connectivity index (χ0) is 6.97. The van der Waals surface area contributed by atoms with Crippen molar-refractivity contribution in [3.05, 3.63) is 30.1 Å². The number of fused-ring (bicyclic) bond motifs is 1. The Kier molecular flexibility index (Phi) is 1.01. The molecule has 0 saturated carbocycles. The lowest BCUT2D eigenvalue weighted by atomic mass is 10.2. The Labute approximate surface area is 58.8 Å². The summed E-state index contributed by atoms with van der Waals surface area (Å²) in [4.78, 5) is 10.3. The van der Waals surface area contributed by atoms with Gasteiger partial charge in [-0.15, -0.1) is 0 Å². The average molecular weight is 132 g/mol. The Morgan fingerprint density at radius 2 is 2.50 bits per heavy atom. The van der Waals surface area contributed by atoms with Crippen molar-refractivity contribution in [1.29, 1.82) is 0 Å². The minimum atomic E-state index is 0.685. The molecule has 0 aliphatic carbocycles. The molecule has 0 saturated heterocycles. The quantitative estimate of drug-likeness (QED) is 0.558. The first-order valence-electron chi connectivity index (χ1n) is 3.15. The van der Waals surface area contributed by atoms with Crippen molar-refractivity contribution in [2.75, 3.05) is 0 Å². The van der Waals surface area contributed by atoms with Gasteiger partial charge in [-0.05, 0) is 12.1 Å². The maximum absolute atomic E-state index is 10.3. The molecule has 0 aromatic carbocycles. The second kappa shape index (κ2) is 1.84. The van der Waals surface area contributed by atoms with E-state index in [-0.39, 0.29) is 0 Å². The maximum atomic E-state index is 10.3. The molecule has 2 nitrogen and oxygen atoms in total. The van der Waals surface area contributed by atoms with Crippen molar-refractivity contribution in [2.24, 2.45) is 0 Å². The van der Waals surface area contributed by atoms with Crippen molar-refractivity contribution in [2.45, 2.75) is 6.54 Å². The molecule has 0 N–H and O–H groups in total. The van der Waals surface area contributed by atoms with Gasteiger partial charge >= 0.3 is 0 Å². The summed E-state index contributed by atoms with van der Waals surface area (Å²) in [6, 6.07) is 3.85. The first kappa shape index (κ1) is 5.47. The average Bonchev–Trinajstić information content (AvgIpc) is 2.44. The summed E-state index contributed by atoms with van der Waals surface area (Å²) in [6.45, 7) is 0.812. The molecule has 2 heterocycles. The van der Waals surface area contributed by atoms with E-state index in [0.29, 0.717) is 5.57 Å². The molecule has 1 aliphatic heterocycles. The number of hydrogen-bond donors (Lipinski definition) is 0. The van der Waals surface area contributed by atoms with E-state index in [1.807, 2.05) is 35.3 Å². The molecule has 0 amide bonds. The fourth-order valence-electron chi connectivity index (χ4n) is 1.21. The van der Waals surface area contributed by atoms with Gasteiger partial charge in [-0.3, -0.25) is 4.79 Å². The molecule has 10 heavy (non-hydrogen) atoms. The third kappa shape index (κ3) is 0.559. The Bertz CT molecular complexity index is 296. The maximum Gasteiger partial charge on any atom is 0.235 e. The first-order valence-corrected chi connectivity index (χ1v) is 3.15. The fourth-order valence-corrected chi connectivity index (χ4v) is 1.21. The highest BCUT2D eigenvalue weighted by atomic mass is 16.1. The second-order valence-corrected chi connectivity index (χ2v) is 2.27. The van der Waals surface area contributed by atoms with Crippen LogP contribution in [0.1, 0.15) is 5.69 Å². The lowest BCUT2D eigenvalue weighted by Crippen LogP contribution is -1.89. The predicted octanol–water partition coefficient (Wildman–Crippen LogP) is 0.995. The lowest BCUT2D eigenvalue weighted by molar-refractivity contribution is 0.565. The van der Waals surface area contributed by atoms with Gasteiger partial charge in [0.15, 0.2) is 0 Å². The first-order chi connectivity index (χ1) is 4.92. The van der Waals surface area contributed by atoms with Crippen LogP contribution in [-0.2, 0) is 11.3 Å². The van der Waals surface area contributed by atoms with E-state index in [1.165, 1.54) is 0 Å². The molecule has 1 aromatic rings. The Hall–Kier alpha value is -1.31. The molecule has 1 aromatic heterocycles. The number of allylic oxidation sites excluding steroid dienone is 2. The Morgan fingerprint density at radius 1 is 1.60 bits per heavy atom. The number of aromatic nitrogens is 1. The summed E-state index contributed by atoms with van der Waals surface area (Å²) in [6.07, 6.45) is 5.73. The van der Waals surface area contributed by atoms with Crippen molar-refractivity contribution in [3.63, 3.8) is 0 Å². The second-order valence-electron chi connectivity index (χ2n) is 2.27. The Balaban J connectivity index is 2.55. The zero-order valence-corrected chi connectivity index (χ0v) is 5.37. The van der Waals surface area contributed by atoms with Gasteiger partial charge in [0.2, 0.25) is 6.29 Å². The smallest absolute Gasteiger partial charge is 0.235 e. The van der Waals surface area contributed by atoms with Crippen LogP contribution in [0.2, 0.25) is 0 Å². The molecule has 0 fully saturated rings. The van der Waals surface area contributed by atoms with Crippen LogP contribution in [0.3, 0.4) is 0 Å². The third-order valence-corrected chi connectivity index (χ3v) is 1.71. The topological polar surface area (TPSA) is 22.0 Å². The highest BCUT2D eigenvalue weighted by molar-refractivity contribution is 6.07. The van der Waals surface area contributed by atoms with Gasteiger partial charge in [-0.25, -0.2) is 0 Å². The van der Waals surface area contributed by atoms with Gasteiger partial charge in [-0.1, -0.05) is 6.08 Å². The standard InChI is InChI=1S/C8H6NO/c10-6-7-3-5-9-4-1-2-8(7)9/h1-4H,5H2. The minimum Gasteiger partial charge on any atom is -0.344 e. The molecular weight excluding hydrogens is 126 g/mol. The van der Waals surface area contributed by atoms with Crippen molar-refractivity contribution in [3.8, 4) is 0 Å². The van der Waals surface area contributed by atoms with Crippen LogP contribution in [0.5, 0.6) is 0 Å². The number of carbonyl (C=O) groups excluding carboxylic acids is 1. The fraction of sp³-hybridized carbons (Fsp3) is 0.125. The summed E-state index contributed by atoms with van der Waals surface area (Å²) in [5, 5.41) is 0. The summed E-state index contributed by atoms with van der Waals surface area (Å²) >= 11 is 0. The van der Waals surface area contributed by atoms with Gasteiger partial charge in [-0.2, -0.15) is 0 Å². The van der Waals surface area contributed by atoms with Crippen LogP contribution in [0, 0.1) is 0 Å². The SMILES string of the molecule is O=[C]C1=CCn2cccc21. The van der Waals surface area contributed by atoms with Crippen LogP contribution in [0.15, 0.2) is 24.4 Å². The van der Waals surface area contributed by atoms with E-state index in [1.54, 1.807) is 0 Å². The number of nitrogens with zero attached hydrogens (tertiary/aromatic N) is 1. The van der Waals surface area contributed by atoms with Crippen molar-refractivity contribution in [1.82, 2.24) is 4.57 Å². The largest absolute Gasteiger partial charge is 0.344 e. The van der Waals surface area contributed by atoms with Gasteiger partial charge in [0.1, 0.15) is 0 Å².